The zero-order valence-electron chi connectivity index (χ0n) is 11.8. The summed E-state index contributed by atoms with van der Waals surface area (Å²) in [5, 5.41) is 3.05. The van der Waals surface area contributed by atoms with E-state index in [0.29, 0.717) is 15.6 Å². The van der Waals surface area contributed by atoms with E-state index in [2.05, 4.69) is 5.32 Å². The van der Waals surface area contributed by atoms with Crippen LogP contribution in [0.5, 0.6) is 0 Å². The Morgan fingerprint density at radius 3 is 2.52 bits per heavy atom. The maximum Gasteiger partial charge on any atom is 0.325 e. The van der Waals surface area contributed by atoms with E-state index in [1.807, 2.05) is 0 Å². The summed E-state index contributed by atoms with van der Waals surface area (Å²) < 4.78 is 18.4. The van der Waals surface area contributed by atoms with Gasteiger partial charge in [0.1, 0.15) is 19.0 Å². The fourth-order valence-electron chi connectivity index (χ4n) is 1.74. The van der Waals surface area contributed by atoms with Gasteiger partial charge < -0.3 is 10.1 Å². The van der Waals surface area contributed by atoms with E-state index in [4.69, 9.17) is 27.9 Å². The molecule has 120 valence electrons. The quantitative estimate of drug-likeness (QED) is 0.833. The fraction of sp³-hybridized carbons (Fsp3) is 0.125. The van der Waals surface area contributed by atoms with E-state index in [-0.39, 0.29) is 18.7 Å². The van der Waals surface area contributed by atoms with Gasteiger partial charge >= 0.3 is 5.97 Å². The van der Waals surface area contributed by atoms with Gasteiger partial charge in [-0.05, 0) is 29.8 Å². The molecule has 4 nitrogen and oxygen atoms in total. The van der Waals surface area contributed by atoms with E-state index >= 15 is 0 Å². The summed E-state index contributed by atoms with van der Waals surface area (Å²) >= 11 is 11.6. The van der Waals surface area contributed by atoms with Crippen LogP contribution in [-0.4, -0.2) is 18.4 Å². The Hall–Kier alpha value is -2.11. The van der Waals surface area contributed by atoms with Crippen LogP contribution in [0.15, 0.2) is 42.5 Å². The summed E-state index contributed by atoms with van der Waals surface area (Å²) in [5.74, 6) is -2.00. The van der Waals surface area contributed by atoms with Gasteiger partial charge in [-0.15, -0.1) is 0 Å². The van der Waals surface area contributed by atoms with Gasteiger partial charge in [0.2, 0.25) is 0 Å². The van der Waals surface area contributed by atoms with Crippen molar-refractivity contribution in [2.75, 3.05) is 6.54 Å². The molecule has 0 saturated heterocycles. The number of nitrogens with one attached hydrogen (secondary N) is 1. The minimum Gasteiger partial charge on any atom is -0.460 e. The third-order valence-corrected chi connectivity index (χ3v) is 3.63. The molecule has 2 rings (SSSR count). The molecule has 23 heavy (non-hydrogen) atoms. The minimum atomic E-state index is -0.686. The van der Waals surface area contributed by atoms with Crippen LogP contribution < -0.4 is 5.32 Å². The van der Waals surface area contributed by atoms with Gasteiger partial charge in [-0.2, -0.15) is 0 Å². The van der Waals surface area contributed by atoms with Crippen molar-refractivity contribution < 1.29 is 18.7 Å². The molecule has 0 aliphatic heterocycles. The highest BCUT2D eigenvalue weighted by Gasteiger charge is 2.12. The van der Waals surface area contributed by atoms with Gasteiger partial charge in [-0.3, -0.25) is 9.59 Å². The molecule has 0 radical (unpaired) electrons. The molecule has 0 aliphatic rings. The highest BCUT2D eigenvalue weighted by molar-refractivity contribution is 6.42. The smallest absolute Gasteiger partial charge is 0.325 e. The molecule has 0 atom stereocenters. The first kappa shape index (κ1) is 17.2. The topological polar surface area (TPSA) is 55.4 Å². The number of amides is 1. The maximum absolute atomic E-state index is 13.4. The number of rotatable bonds is 5. The molecule has 0 fully saturated rings. The van der Waals surface area contributed by atoms with Gasteiger partial charge in [0.15, 0.2) is 0 Å². The van der Waals surface area contributed by atoms with Crippen LogP contribution in [0.4, 0.5) is 4.39 Å². The minimum absolute atomic E-state index is 0.00864. The lowest BCUT2D eigenvalue weighted by atomic mass is 10.2. The van der Waals surface area contributed by atoms with Gasteiger partial charge in [0.25, 0.3) is 5.91 Å². The number of hydrogen-bond donors (Lipinski definition) is 1. The van der Waals surface area contributed by atoms with Crippen molar-refractivity contribution in [2.24, 2.45) is 0 Å². The monoisotopic (exact) mass is 355 g/mol. The number of esters is 1. The molecule has 0 aliphatic carbocycles. The Morgan fingerprint density at radius 2 is 1.83 bits per heavy atom. The van der Waals surface area contributed by atoms with Crippen LogP contribution in [0.2, 0.25) is 10.0 Å². The molecule has 0 aromatic heterocycles. The van der Waals surface area contributed by atoms with Crippen molar-refractivity contribution in [3.63, 3.8) is 0 Å². The molecule has 0 spiro atoms. The molecule has 2 aromatic rings. The summed E-state index contributed by atoms with van der Waals surface area (Å²) in [6.45, 7) is -0.375. The number of carbonyl (C=O) groups excluding carboxylic acids is 2. The van der Waals surface area contributed by atoms with Crippen molar-refractivity contribution >= 4 is 35.1 Å². The molecule has 2 aromatic carbocycles. The van der Waals surface area contributed by atoms with Gasteiger partial charge in [0.05, 0.1) is 15.6 Å². The van der Waals surface area contributed by atoms with E-state index in [1.54, 1.807) is 18.2 Å². The number of benzene rings is 2. The molecule has 0 saturated carbocycles. The summed E-state index contributed by atoms with van der Waals surface area (Å²) in [6.07, 6.45) is 0. The van der Waals surface area contributed by atoms with E-state index in [0.717, 1.165) is 6.07 Å². The summed E-state index contributed by atoms with van der Waals surface area (Å²) in [6, 6.07) is 10.3. The molecule has 0 bridgehead atoms. The van der Waals surface area contributed by atoms with Crippen molar-refractivity contribution in [1.29, 1.82) is 0 Å². The summed E-state index contributed by atoms with van der Waals surface area (Å²) in [4.78, 5) is 23.3. The molecular formula is C16H12Cl2FNO3. The Kier molecular flexibility index (Phi) is 5.96. The molecule has 0 heterocycles. The predicted molar refractivity (Wildman–Crippen MR) is 85.0 cm³/mol. The lowest BCUT2D eigenvalue weighted by molar-refractivity contribution is -0.143. The first-order chi connectivity index (χ1) is 11.0. The SMILES string of the molecule is O=C(CNC(=O)c1ccccc1F)OCc1ccc(Cl)c(Cl)c1. The Balaban J connectivity index is 1.82. The van der Waals surface area contributed by atoms with Gasteiger partial charge in [-0.25, -0.2) is 4.39 Å². The number of hydrogen-bond acceptors (Lipinski definition) is 3. The second-order valence-electron chi connectivity index (χ2n) is 4.57. The second-order valence-corrected chi connectivity index (χ2v) is 5.39. The highest BCUT2D eigenvalue weighted by Crippen LogP contribution is 2.22. The van der Waals surface area contributed by atoms with Crippen LogP contribution in [-0.2, 0) is 16.1 Å². The first-order valence-electron chi connectivity index (χ1n) is 6.59. The number of carbonyl (C=O) groups is 2. The number of halogens is 3. The Morgan fingerprint density at radius 1 is 1.09 bits per heavy atom. The highest BCUT2D eigenvalue weighted by atomic mass is 35.5. The second kappa shape index (κ2) is 7.94. The largest absolute Gasteiger partial charge is 0.460 e. The molecule has 7 heteroatoms. The molecule has 1 amide bonds. The van der Waals surface area contributed by atoms with Crippen molar-refractivity contribution in [2.45, 2.75) is 6.61 Å². The van der Waals surface area contributed by atoms with Gasteiger partial charge in [0, 0.05) is 0 Å². The lowest BCUT2D eigenvalue weighted by Gasteiger charge is -2.08. The van der Waals surface area contributed by atoms with Crippen LogP contribution in [0.3, 0.4) is 0 Å². The van der Waals surface area contributed by atoms with Crippen molar-refractivity contribution in [3.8, 4) is 0 Å². The normalized spacial score (nSPS) is 10.2. The van der Waals surface area contributed by atoms with E-state index in [1.165, 1.54) is 18.2 Å². The maximum atomic E-state index is 13.4. The average molecular weight is 356 g/mol. The summed E-state index contributed by atoms with van der Waals surface area (Å²) in [5.41, 5.74) is 0.526. The fourth-order valence-corrected chi connectivity index (χ4v) is 2.06. The summed E-state index contributed by atoms with van der Waals surface area (Å²) in [7, 11) is 0. The van der Waals surface area contributed by atoms with Gasteiger partial charge in [-0.1, -0.05) is 41.4 Å². The van der Waals surface area contributed by atoms with Crippen LogP contribution in [0.25, 0.3) is 0 Å². The van der Waals surface area contributed by atoms with E-state index in [9.17, 15) is 14.0 Å². The van der Waals surface area contributed by atoms with Crippen molar-refractivity contribution in [1.82, 2.24) is 5.32 Å². The zero-order valence-corrected chi connectivity index (χ0v) is 13.3. The standard InChI is InChI=1S/C16H12Cl2FNO3/c17-12-6-5-10(7-13(12)18)9-23-15(21)8-20-16(22)11-3-1-2-4-14(11)19/h1-7H,8-9H2,(H,20,22). The van der Waals surface area contributed by atoms with Crippen LogP contribution in [0.1, 0.15) is 15.9 Å². The third-order valence-electron chi connectivity index (χ3n) is 2.90. The first-order valence-corrected chi connectivity index (χ1v) is 7.35. The molecule has 0 unspecified atom stereocenters. The van der Waals surface area contributed by atoms with Crippen LogP contribution in [0, 0.1) is 5.82 Å². The average Bonchev–Trinajstić information content (AvgIpc) is 2.54. The van der Waals surface area contributed by atoms with Crippen LogP contribution >= 0.6 is 23.2 Å². The third kappa shape index (κ3) is 4.94. The lowest BCUT2D eigenvalue weighted by Crippen LogP contribution is -2.31. The Labute approximate surface area is 142 Å². The Bertz CT molecular complexity index is 737. The van der Waals surface area contributed by atoms with Crippen molar-refractivity contribution in [3.05, 3.63) is 69.5 Å². The molecular weight excluding hydrogens is 344 g/mol. The van der Waals surface area contributed by atoms with E-state index < -0.39 is 17.7 Å². The molecule has 1 N–H and O–H groups in total. The zero-order chi connectivity index (χ0) is 16.8. The predicted octanol–water partition coefficient (Wildman–Crippen LogP) is 3.61. The number of ether oxygens (including phenoxy) is 1.